The average Bonchev–Trinajstić information content (AvgIpc) is 3.09. The summed E-state index contributed by atoms with van der Waals surface area (Å²) in [7, 11) is 1.52. The minimum Gasteiger partial charge on any atom is -0.495 e. The van der Waals surface area contributed by atoms with Crippen LogP contribution in [0.2, 0.25) is 0 Å². The van der Waals surface area contributed by atoms with Gasteiger partial charge in [0.25, 0.3) is 0 Å². The highest BCUT2D eigenvalue weighted by atomic mass is 32.2. The minimum atomic E-state index is -0.979. The van der Waals surface area contributed by atoms with Crippen LogP contribution in [-0.2, 0) is 0 Å². The number of carboxylic acid groups (broad SMARTS) is 1. The molecule has 2 aromatic rings. The molecule has 0 aliphatic carbocycles. The summed E-state index contributed by atoms with van der Waals surface area (Å²) in [5.41, 5.74) is 0.904. The van der Waals surface area contributed by atoms with Crippen LogP contribution < -0.4 is 19.7 Å². The van der Waals surface area contributed by atoms with Crippen LogP contribution in [0.1, 0.15) is 10.4 Å². The van der Waals surface area contributed by atoms with E-state index >= 15 is 0 Å². The molecule has 1 aromatic heterocycles. The Labute approximate surface area is 148 Å². The summed E-state index contributed by atoms with van der Waals surface area (Å²) in [5.74, 6) is -0.493. The Morgan fingerprint density at radius 1 is 1.46 bits per heavy atom. The van der Waals surface area contributed by atoms with E-state index in [9.17, 15) is 4.79 Å². The first-order valence-electron chi connectivity index (χ1n) is 7.43. The Morgan fingerprint density at radius 3 is 2.96 bits per heavy atom. The third-order valence-corrected chi connectivity index (χ3v) is 5.36. The predicted molar refractivity (Wildman–Crippen MR) is 96.6 cm³/mol. The van der Waals surface area contributed by atoms with Crippen LogP contribution in [0, 0.1) is 0 Å². The van der Waals surface area contributed by atoms with Gasteiger partial charge in [0.15, 0.2) is 5.13 Å². The molecule has 0 spiro atoms. The monoisotopic (exact) mass is 366 g/mol. The fraction of sp³-hybridized carbons (Fsp3) is 0.333. The Hall–Kier alpha value is -1.97. The smallest absolute Gasteiger partial charge is 0.335 e. The van der Waals surface area contributed by atoms with Gasteiger partial charge in [-0.25, -0.2) is 9.78 Å². The summed E-state index contributed by atoms with van der Waals surface area (Å²) in [5, 5.41) is 16.3. The van der Waals surface area contributed by atoms with E-state index < -0.39 is 5.97 Å². The molecule has 1 saturated heterocycles. The first kappa shape index (κ1) is 16.9. The van der Waals surface area contributed by atoms with Gasteiger partial charge in [0, 0.05) is 43.5 Å². The molecule has 2 heterocycles. The van der Waals surface area contributed by atoms with E-state index in [1.165, 1.54) is 25.1 Å². The molecular formula is C15H18N4O3S2. The Kier molecular flexibility index (Phi) is 5.44. The number of carbonyl (C=O) groups is 1. The van der Waals surface area contributed by atoms with Crippen LogP contribution in [0.3, 0.4) is 0 Å². The molecule has 3 N–H and O–H groups in total. The zero-order valence-electron chi connectivity index (χ0n) is 13.1. The quantitative estimate of drug-likeness (QED) is 0.672. The van der Waals surface area contributed by atoms with Gasteiger partial charge in [-0.2, -0.15) is 0 Å². The number of hydrogen-bond acceptors (Lipinski definition) is 8. The second-order valence-corrected chi connectivity index (χ2v) is 6.79. The highest BCUT2D eigenvalue weighted by molar-refractivity contribution is 8.00. The van der Waals surface area contributed by atoms with Crippen molar-refractivity contribution in [2.45, 2.75) is 5.03 Å². The third-order valence-electron chi connectivity index (χ3n) is 3.57. The molecular weight excluding hydrogens is 348 g/mol. The molecule has 0 radical (unpaired) electrons. The number of piperazine rings is 1. The molecule has 0 bridgehead atoms. The molecule has 24 heavy (non-hydrogen) atoms. The lowest BCUT2D eigenvalue weighted by atomic mass is 10.2. The summed E-state index contributed by atoms with van der Waals surface area (Å²) >= 11 is 3.01. The molecule has 9 heteroatoms. The van der Waals surface area contributed by atoms with Crippen LogP contribution in [0.15, 0.2) is 28.6 Å². The number of nitrogens with zero attached hydrogens (tertiary/aromatic N) is 2. The van der Waals surface area contributed by atoms with Gasteiger partial charge in [-0.3, -0.25) is 0 Å². The molecule has 1 aromatic carbocycles. The zero-order valence-corrected chi connectivity index (χ0v) is 14.7. The van der Waals surface area contributed by atoms with Gasteiger partial charge in [0.2, 0.25) is 0 Å². The van der Waals surface area contributed by atoms with Crippen molar-refractivity contribution in [1.82, 2.24) is 10.3 Å². The lowest BCUT2D eigenvalue weighted by Crippen LogP contribution is -2.43. The number of nitrogens with one attached hydrogen (secondary N) is 2. The SMILES string of the molecule is COc1cc(C(=O)O)ccc1NSc1csc(N2CCNCC2)n1. The van der Waals surface area contributed by atoms with Crippen LogP contribution in [0.4, 0.5) is 10.8 Å². The summed E-state index contributed by atoms with van der Waals surface area (Å²) < 4.78 is 8.43. The maximum atomic E-state index is 11.0. The van der Waals surface area contributed by atoms with Crippen LogP contribution in [0.25, 0.3) is 0 Å². The second kappa shape index (κ2) is 7.73. The van der Waals surface area contributed by atoms with Gasteiger partial charge in [0.1, 0.15) is 10.8 Å². The molecule has 1 fully saturated rings. The van der Waals surface area contributed by atoms with E-state index in [4.69, 9.17) is 9.84 Å². The number of methoxy groups -OCH3 is 1. The Balaban J connectivity index is 1.65. The van der Waals surface area contributed by atoms with E-state index in [1.807, 2.05) is 5.38 Å². The molecule has 0 amide bonds. The fourth-order valence-corrected chi connectivity index (χ4v) is 3.97. The van der Waals surface area contributed by atoms with Crippen molar-refractivity contribution < 1.29 is 14.6 Å². The molecule has 0 atom stereocenters. The number of anilines is 2. The minimum absolute atomic E-state index is 0.192. The summed E-state index contributed by atoms with van der Waals surface area (Å²) in [6.07, 6.45) is 0. The number of thiazole rings is 1. The number of hydrogen-bond donors (Lipinski definition) is 3. The summed E-state index contributed by atoms with van der Waals surface area (Å²) in [6.45, 7) is 3.89. The van der Waals surface area contributed by atoms with Gasteiger partial charge >= 0.3 is 5.97 Å². The Bertz CT molecular complexity index is 716. The van der Waals surface area contributed by atoms with Gasteiger partial charge in [-0.05, 0) is 18.2 Å². The lowest BCUT2D eigenvalue weighted by molar-refractivity contribution is 0.0696. The third kappa shape index (κ3) is 3.92. The Morgan fingerprint density at radius 2 is 2.25 bits per heavy atom. The number of rotatable bonds is 6. The van der Waals surface area contributed by atoms with Gasteiger partial charge < -0.3 is 24.8 Å². The highest BCUT2D eigenvalue weighted by Crippen LogP contribution is 2.32. The van der Waals surface area contributed by atoms with Gasteiger partial charge in [-0.15, -0.1) is 11.3 Å². The number of benzene rings is 1. The fourth-order valence-electron chi connectivity index (χ4n) is 2.31. The van der Waals surface area contributed by atoms with E-state index in [-0.39, 0.29) is 5.56 Å². The van der Waals surface area contributed by atoms with Crippen molar-refractivity contribution in [2.24, 2.45) is 0 Å². The van der Waals surface area contributed by atoms with E-state index in [0.29, 0.717) is 11.4 Å². The summed E-state index contributed by atoms with van der Waals surface area (Å²) in [4.78, 5) is 17.9. The summed E-state index contributed by atoms with van der Waals surface area (Å²) in [6, 6.07) is 4.73. The molecule has 7 nitrogen and oxygen atoms in total. The molecule has 1 aliphatic rings. The maximum Gasteiger partial charge on any atom is 0.335 e. The number of aromatic nitrogens is 1. The standard InChI is InChI=1S/C15H18N4O3S2/c1-22-12-8-10(14(20)21)2-3-11(12)18-24-13-9-23-15(17-13)19-6-4-16-5-7-19/h2-3,8-9,16,18H,4-7H2,1H3,(H,20,21). The number of carboxylic acids is 1. The van der Waals surface area contributed by atoms with Crippen LogP contribution in [-0.4, -0.2) is 49.3 Å². The van der Waals surface area contributed by atoms with Crippen molar-refractivity contribution in [3.63, 3.8) is 0 Å². The highest BCUT2D eigenvalue weighted by Gasteiger charge is 2.15. The molecule has 128 valence electrons. The van der Waals surface area contributed by atoms with Gasteiger partial charge in [0.05, 0.1) is 18.4 Å². The van der Waals surface area contributed by atoms with Crippen molar-refractivity contribution in [3.8, 4) is 5.75 Å². The normalized spacial score (nSPS) is 14.5. The number of ether oxygens (including phenoxy) is 1. The lowest BCUT2D eigenvalue weighted by Gasteiger charge is -2.26. The van der Waals surface area contributed by atoms with Crippen molar-refractivity contribution in [2.75, 3.05) is 42.9 Å². The maximum absolute atomic E-state index is 11.0. The van der Waals surface area contributed by atoms with E-state index in [0.717, 1.165) is 36.3 Å². The second-order valence-electron chi connectivity index (χ2n) is 5.13. The topological polar surface area (TPSA) is 86.7 Å². The molecule has 0 saturated carbocycles. The van der Waals surface area contributed by atoms with Gasteiger partial charge in [-0.1, -0.05) is 0 Å². The van der Waals surface area contributed by atoms with E-state index in [1.54, 1.807) is 23.5 Å². The van der Waals surface area contributed by atoms with Crippen molar-refractivity contribution >= 4 is 40.1 Å². The number of aromatic carboxylic acids is 1. The van der Waals surface area contributed by atoms with Crippen molar-refractivity contribution in [1.29, 1.82) is 0 Å². The molecule has 3 rings (SSSR count). The predicted octanol–water partition coefficient (Wildman–Crippen LogP) is 2.38. The first-order valence-corrected chi connectivity index (χ1v) is 9.12. The van der Waals surface area contributed by atoms with Crippen molar-refractivity contribution in [3.05, 3.63) is 29.1 Å². The van der Waals surface area contributed by atoms with Crippen LogP contribution >= 0.6 is 23.3 Å². The average molecular weight is 366 g/mol. The molecule has 1 aliphatic heterocycles. The largest absolute Gasteiger partial charge is 0.495 e. The van der Waals surface area contributed by atoms with E-state index in [2.05, 4.69) is 19.9 Å². The first-order chi connectivity index (χ1) is 11.7. The zero-order chi connectivity index (χ0) is 16.9. The van der Waals surface area contributed by atoms with Crippen LogP contribution in [0.5, 0.6) is 5.75 Å². The molecule has 0 unspecified atom stereocenters.